The number of hydrogen-bond donors (Lipinski definition) is 0. The summed E-state index contributed by atoms with van der Waals surface area (Å²) in [7, 11) is -1.65. The van der Waals surface area contributed by atoms with Crippen molar-refractivity contribution < 1.29 is 0 Å². The van der Waals surface area contributed by atoms with Crippen LogP contribution in [0.4, 0.5) is 0 Å². The zero-order chi connectivity index (χ0) is 18.1. The van der Waals surface area contributed by atoms with Crippen molar-refractivity contribution in [1.29, 1.82) is 0 Å². The van der Waals surface area contributed by atoms with E-state index in [2.05, 4.69) is 107 Å². The SMILES string of the molecule is CC(C)(C)[Si](C)(C)c1cc(-c2ccccc2)nc(-c2ccccc2)c1. The molecule has 3 rings (SSSR count). The molecule has 0 N–H and O–H groups in total. The molecule has 1 heterocycles. The summed E-state index contributed by atoms with van der Waals surface area (Å²) in [6.07, 6.45) is 0. The first-order valence-electron chi connectivity index (χ1n) is 8.92. The minimum atomic E-state index is -1.65. The minimum Gasteiger partial charge on any atom is -0.248 e. The number of benzene rings is 2. The standard InChI is InChI=1S/C23H27NSi/c1-23(2,3)25(4,5)20-16-21(18-12-8-6-9-13-18)24-22(17-20)19-14-10-7-11-15-19/h6-17H,1-5H3. The Kier molecular flexibility index (Phi) is 4.66. The van der Waals surface area contributed by atoms with Crippen molar-refractivity contribution in [3.05, 3.63) is 72.8 Å². The van der Waals surface area contributed by atoms with Gasteiger partial charge in [0.05, 0.1) is 19.5 Å². The molecule has 2 aromatic carbocycles. The Balaban J connectivity index is 2.23. The second-order valence-corrected chi connectivity index (χ2v) is 13.6. The van der Waals surface area contributed by atoms with E-state index in [4.69, 9.17) is 4.98 Å². The molecule has 0 radical (unpaired) electrons. The molecular weight excluding hydrogens is 318 g/mol. The zero-order valence-corrected chi connectivity index (χ0v) is 16.9. The first-order chi connectivity index (χ1) is 11.8. The molecule has 0 aliphatic heterocycles. The summed E-state index contributed by atoms with van der Waals surface area (Å²) in [5, 5.41) is 1.75. The van der Waals surface area contributed by atoms with Gasteiger partial charge in [0.1, 0.15) is 0 Å². The van der Waals surface area contributed by atoms with E-state index in [0.717, 1.165) is 11.4 Å². The van der Waals surface area contributed by atoms with Crippen LogP contribution in [0.25, 0.3) is 22.5 Å². The van der Waals surface area contributed by atoms with Gasteiger partial charge in [0.2, 0.25) is 0 Å². The Bertz CT molecular complexity index is 789. The fraction of sp³-hybridized carbons (Fsp3) is 0.261. The van der Waals surface area contributed by atoms with Gasteiger partial charge >= 0.3 is 0 Å². The smallest absolute Gasteiger partial charge is 0.0861 e. The van der Waals surface area contributed by atoms with E-state index in [1.807, 2.05) is 0 Å². The topological polar surface area (TPSA) is 12.9 Å². The van der Waals surface area contributed by atoms with Gasteiger partial charge in [-0.15, -0.1) is 0 Å². The average Bonchev–Trinajstić information content (AvgIpc) is 2.62. The van der Waals surface area contributed by atoms with Gasteiger partial charge in [-0.2, -0.15) is 0 Å². The maximum Gasteiger partial charge on any atom is 0.0861 e. The van der Waals surface area contributed by atoms with Crippen LogP contribution >= 0.6 is 0 Å². The van der Waals surface area contributed by atoms with Crippen molar-refractivity contribution in [2.24, 2.45) is 0 Å². The zero-order valence-electron chi connectivity index (χ0n) is 15.9. The Morgan fingerprint density at radius 3 is 1.44 bits per heavy atom. The van der Waals surface area contributed by atoms with Gasteiger partial charge in [-0.05, 0) is 17.2 Å². The van der Waals surface area contributed by atoms with Crippen LogP contribution in [0.1, 0.15) is 20.8 Å². The molecule has 2 heteroatoms. The number of hydrogen-bond acceptors (Lipinski definition) is 1. The van der Waals surface area contributed by atoms with E-state index in [1.165, 1.54) is 16.3 Å². The summed E-state index contributed by atoms with van der Waals surface area (Å²) in [6.45, 7) is 12.0. The van der Waals surface area contributed by atoms with Crippen molar-refractivity contribution in [2.75, 3.05) is 0 Å². The third-order valence-electron chi connectivity index (χ3n) is 5.56. The normalized spacial score (nSPS) is 12.2. The first kappa shape index (κ1) is 17.6. The number of rotatable bonds is 3. The predicted octanol–water partition coefficient (Wildman–Crippen LogP) is 6.13. The van der Waals surface area contributed by atoms with E-state index >= 15 is 0 Å². The molecule has 1 aromatic heterocycles. The van der Waals surface area contributed by atoms with Crippen LogP contribution in [0, 0.1) is 0 Å². The Morgan fingerprint density at radius 1 is 0.680 bits per heavy atom. The van der Waals surface area contributed by atoms with Gasteiger partial charge in [0, 0.05) is 11.1 Å². The molecule has 0 bridgehead atoms. The Morgan fingerprint density at radius 2 is 1.08 bits per heavy atom. The lowest BCUT2D eigenvalue weighted by molar-refractivity contribution is 0.729. The van der Waals surface area contributed by atoms with E-state index in [0.29, 0.717) is 0 Å². The van der Waals surface area contributed by atoms with E-state index in [9.17, 15) is 0 Å². The highest BCUT2D eigenvalue weighted by Crippen LogP contribution is 2.36. The summed E-state index contributed by atoms with van der Waals surface area (Å²) in [4.78, 5) is 4.99. The molecule has 0 aliphatic rings. The summed E-state index contributed by atoms with van der Waals surface area (Å²) in [5.74, 6) is 0. The predicted molar refractivity (Wildman–Crippen MR) is 112 cm³/mol. The van der Waals surface area contributed by atoms with Crippen LogP contribution in [-0.2, 0) is 0 Å². The Hall–Kier alpha value is -2.19. The number of aromatic nitrogens is 1. The Labute approximate surface area is 152 Å². The molecule has 0 fully saturated rings. The van der Waals surface area contributed by atoms with Crippen molar-refractivity contribution in [3.63, 3.8) is 0 Å². The molecule has 0 saturated heterocycles. The summed E-state index contributed by atoms with van der Waals surface area (Å²) in [5.41, 5.74) is 4.50. The molecule has 1 nitrogen and oxygen atoms in total. The minimum absolute atomic E-state index is 0.288. The lowest BCUT2D eigenvalue weighted by Crippen LogP contribution is -2.49. The maximum absolute atomic E-state index is 4.99. The molecule has 128 valence electrons. The van der Waals surface area contributed by atoms with E-state index < -0.39 is 8.07 Å². The highest BCUT2D eigenvalue weighted by atomic mass is 28.3. The van der Waals surface area contributed by atoms with Crippen LogP contribution in [0.15, 0.2) is 72.8 Å². The molecule has 25 heavy (non-hydrogen) atoms. The fourth-order valence-electron chi connectivity index (χ4n) is 2.84. The van der Waals surface area contributed by atoms with Crippen molar-refractivity contribution in [2.45, 2.75) is 38.9 Å². The third-order valence-corrected chi connectivity index (χ3v) is 11.0. The average molecular weight is 346 g/mol. The van der Waals surface area contributed by atoms with Crippen molar-refractivity contribution in [1.82, 2.24) is 4.98 Å². The van der Waals surface area contributed by atoms with Crippen LogP contribution in [0.2, 0.25) is 18.1 Å². The van der Waals surface area contributed by atoms with Gasteiger partial charge in [-0.25, -0.2) is 4.98 Å². The van der Waals surface area contributed by atoms with Crippen LogP contribution < -0.4 is 5.19 Å². The van der Waals surface area contributed by atoms with Crippen molar-refractivity contribution in [3.8, 4) is 22.5 Å². The number of pyridine rings is 1. The highest BCUT2D eigenvalue weighted by Gasteiger charge is 2.37. The summed E-state index contributed by atoms with van der Waals surface area (Å²) in [6, 6.07) is 25.7. The molecule has 0 atom stereocenters. The van der Waals surface area contributed by atoms with Gasteiger partial charge in [0.25, 0.3) is 0 Å². The molecule has 3 aromatic rings. The monoisotopic (exact) mass is 345 g/mol. The third kappa shape index (κ3) is 3.59. The lowest BCUT2D eigenvalue weighted by atomic mass is 10.1. The maximum atomic E-state index is 4.99. The van der Waals surface area contributed by atoms with E-state index in [1.54, 1.807) is 0 Å². The van der Waals surface area contributed by atoms with Gasteiger partial charge in [-0.3, -0.25) is 0 Å². The largest absolute Gasteiger partial charge is 0.248 e. The van der Waals surface area contributed by atoms with Crippen LogP contribution in [0.5, 0.6) is 0 Å². The second-order valence-electron chi connectivity index (χ2n) is 8.23. The van der Waals surface area contributed by atoms with Crippen molar-refractivity contribution >= 4 is 13.3 Å². The molecule has 0 unspecified atom stereocenters. The molecule has 0 amide bonds. The molecular formula is C23H27NSi. The second kappa shape index (κ2) is 6.60. The quantitative estimate of drug-likeness (QED) is 0.520. The van der Waals surface area contributed by atoms with Crippen LogP contribution in [-0.4, -0.2) is 13.1 Å². The van der Waals surface area contributed by atoms with Gasteiger partial charge < -0.3 is 0 Å². The molecule has 0 spiro atoms. The summed E-state index contributed by atoms with van der Waals surface area (Å²) < 4.78 is 0. The fourth-order valence-corrected chi connectivity index (χ4v) is 4.70. The van der Waals surface area contributed by atoms with Gasteiger partial charge in [-0.1, -0.05) is 99.7 Å². The van der Waals surface area contributed by atoms with Gasteiger partial charge in [0.15, 0.2) is 0 Å². The number of nitrogens with zero attached hydrogens (tertiary/aromatic N) is 1. The molecule has 0 saturated carbocycles. The van der Waals surface area contributed by atoms with Crippen LogP contribution in [0.3, 0.4) is 0 Å². The highest BCUT2D eigenvalue weighted by molar-refractivity contribution is 6.92. The molecule has 0 aliphatic carbocycles. The lowest BCUT2D eigenvalue weighted by Gasteiger charge is -2.37. The summed E-state index contributed by atoms with van der Waals surface area (Å²) >= 11 is 0. The van der Waals surface area contributed by atoms with E-state index in [-0.39, 0.29) is 5.04 Å². The first-order valence-corrected chi connectivity index (χ1v) is 11.9.